The number of nitrogens with two attached hydrogens (primary N) is 1. The van der Waals surface area contributed by atoms with Gasteiger partial charge in [0.2, 0.25) is 0 Å². The fourth-order valence-corrected chi connectivity index (χ4v) is 3.16. The highest BCUT2D eigenvalue weighted by Crippen LogP contribution is 2.32. The van der Waals surface area contributed by atoms with Crippen molar-refractivity contribution in [1.82, 2.24) is 9.55 Å². The maximum atomic E-state index is 6.29. The molecule has 1 aliphatic rings. The van der Waals surface area contributed by atoms with Gasteiger partial charge >= 0.3 is 0 Å². The zero-order chi connectivity index (χ0) is 13.2. The Morgan fingerprint density at radius 1 is 1.16 bits per heavy atom. The van der Waals surface area contributed by atoms with Crippen molar-refractivity contribution in [2.75, 3.05) is 0 Å². The summed E-state index contributed by atoms with van der Waals surface area (Å²) in [5.74, 6) is 0. The first-order valence-electron chi connectivity index (χ1n) is 6.79. The van der Waals surface area contributed by atoms with Crippen molar-refractivity contribution in [1.29, 1.82) is 0 Å². The van der Waals surface area contributed by atoms with Crippen molar-refractivity contribution in [3.05, 3.63) is 41.3 Å². The monoisotopic (exact) mass is 319 g/mol. The van der Waals surface area contributed by atoms with Crippen LogP contribution in [-0.2, 0) is 0 Å². The molecule has 100 valence electrons. The van der Waals surface area contributed by atoms with Crippen LogP contribution in [0.1, 0.15) is 31.7 Å². The lowest BCUT2D eigenvalue weighted by Gasteiger charge is -2.30. The van der Waals surface area contributed by atoms with Gasteiger partial charge in [-0.15, -0.1) is 0 Å². The average molecular weight is 320 g/mol. The number of aromatic nitrogens is 2. The number of nitrogens with zero attached hydrogens (tertiary/aromatic N) is 2. The molecule has 0 unspecified atom stereocenters. The fraction of sp³-hybridized carbons (Fsp3) is 0.400. The lowest BCUT2D eigenvalue weighted by atomic mass is 9.90. The van der Waals surface area contributed by atoms with Crippen LogP contribution in [-0.4, -0.2) is 15.6 Å². The van der Waals surface area contributed by atoms with Crippen LogP contribution in [0, 0.1) is 0 Å². The number of halogens is 1. The van der Waals surface area contributed by atoms with Crippen LogP contribution in [0.25, 0.3) is 11.3 Å². The Morgan fingerprint density at radius 3 is 2.63 bits per heavy atom. The third-order valence-corrected chi connectivity index (χ3v) is 4.47. The van der Waals surface area contributed by atoms with Crippen molar-refractivity contribution in [3.8, 4) is 11.3 Å². The molecule has 0 amide bonds. The van der Waals surface area contributed by atoms with Gasteiger partial charge in [0.05, 0.1) is 24.3 Å². The number of imidazole rings is 1. The second kappa shape index (κ2) is 5.47. The van der Waals surface area contributed by atoms with Crippen LogP contribution in [0.2, 0.25) is 0 Å². The number of hydrogen-bond acceptors (Lipinski definition) is 2. The van der Waals surface area contributed by atoms with Crippen molar-refractivity contribution in [2.45, 2.75) is 37.8 Å². The van der Waals surface area contributed by atoms with Gasteiger partial charge < -0.3 is 10.3 Å². The van der Waals surface area contributed by atoms with Gasteiger partial charge in [0.1, 0.15) is 0 Å². The first-order chi connectivity index (χ1) is 9.25. The normalized spacial score (nSPS) is 23.5. The van der Waals surface area contributed by atoms with E-state index in [2.05, 4.69) is 49.7 Å². The molecule has 3 nitrogen and oxygen atoms in total. The number of rotatable bonds is 2. The van der Waals surface area contributed by atoms with E-state index in [4.69, 9.17) is 5.73 Å². The maximum Gasteiger partial charge on any atom is 0.0954 e. The van der Waals surface area contributed by atoms with Crippen LogP contribution < -0.4 is 5.73 Å². The summed E-state index contributed by atoms with van der Waals surface area (Å²) in [5.41, 5.74) is 8.64. The van der Waals surface area contributed by atoms with Gasteiger partial charge in [0, 0.05) is 10.5 Å². The van der Waals surface area contributed by atoms with Gasteiger partial charge in [0.15, 0.2) is 0 Å². The molecule has 0 aliphatic heterocycles. The van der Waals surface area contributed by atoms with Crippen molar-refractivity contribution in [3.63, 3.8) is 0 Å². The van der Waals surface area contributed by atoms with E-state index in [1.165, 1.54) is 18.4 Å². The van der Waals surface area contributed by atoms with E-state index >= 15 is 0 Å². The van der Waals surface area contributed by atoms with E-state index in [0.717, 1.165) is 23.0 Å². The highest BCUT2D eigenvalue weighted by atomic mass is 79.9. The largest absolute Gasteiger partial charge is 0.326 e. The summed E-state index contributed by atoms with van der Waals surface area (Å²) in [4.78, 5) is 4.33. The first kappa shape index (κ1) is 12.9. The Morgan fingerprint density at radius 2 is 1.89 bits per heavy atom. The molecule has 2 aromatic rings. The van der Waals surface area contributed by atoms with Crippen LogP contribution in [0.3, 0.4) is 0 Å². The SMILES string of the molecule is N[C@@H]1CCCC[C@H]1n1cncc1-c1ccc(Br)cc1. The summed E-state index contributed by atoms with van der Waals surface area (Å²) in [5, 5.41) is 0. The molecule has 3 rings (SSSR count). The van der Waals surface area contributed by atoms with Crippen molar-refractivity contribution >= 4 is 15.9 Å². The van der Waals surface area contributed by atoms with E-state index in [-0.39, 0.29) is 6.04 Å². The molecule has 0 saturated heterocycles. The molecule has 1 fully saturated rings. The highest BCUT2D eigenvalue weighted by Gasteiger charge is 2.25. The summed E-state index contributed by atoms with van der Waals surface area (Å²) in [7, 11) is 0. The Labute approximate surface area is 122 Å². The van der Waals surface area contributed by atoms with Gasteiger partial charge in [-0.05, 0) is 30.5 Å². The first-order valence-corrected chi connectivity index (χ1v) is 7.58. The fourth-order valence-electron chi connectivity index (χ4n) is 2.90. The van der Waals surface area contributed by atoms with Gasteiger partial charge in [0.25, 0.3) is 0 Å². The molecule has 1 aromatic carbocycles. The van der Waals surface area contributed by atoms with E-state index < -0.39 is 0 Å². The van der Waals surface area contributed by atoms with Gasteiger partial charge in [-0.2, -0.15) is 0 Å². The number of benzene rings is 1. The average Bonchev–Trinajstić information content (AvgIpc) is 2.89. The molecule has 1 aliphatic carbocycles. The Balaban J connectivity index is 1.95. The molecule has 1 aromatic heterocycles. The van der Waals surface area contributed by atoms with Crippen molar-refractivity contribution in [2.24, 2.45) is 5.73 Å². The zero-order valence-electron chi connectivity index (χ0n) is 10.8. The summed E-state index contributed by atoms with van der Waals surface area (Å²) >= 11 is 3.47. The minimum absolute atomic E-state index is 0.247. The topological polar surface area (TPSA) is 43.8 Å². The molecule has 0 bridgehead atoms. The van der Waals surface area contributed by atoms with E-state index in [9.17, 15) is 0 Å². The van der Waals surface area contributed by atoms with Gasteiger partial charge in [-0.3, -0.25) is 0 Å². The van der Waals surface area contributed by atoms with Gasteiger partial charge in [-0.25, -0.2) is 4.98 Å². The smallest absolute Gasteiger partial charge is 0.0954 e. The van der Waals surface area contributed by atoms with Gasteiger partial charge in [-0.1, -0.05) is 40.9 Å². The second-order valence-electron chi connectivity index (χ2n) is 5.21. The lowest BCUT2D eigenvalue weighted by molar-refractivity contribution is 0.308. The Hall–Kier alpha value is -1.13. The van der Waals surface area contributed by atoms with Crippen molar-refractivity contribution < 1.29 is 0 Å². The van der Waals surface area contributed by atoms with Crippen LogP contribution >= 0.6 is 15.9 Å². The van der Waals surface area contributed by atoms with E-state index in [1.54, 1.807) is 0 Å². The highest BCUT2D eigenvalue weighted by molar-refractivity contribution is 9.10. The molecular formula is C15H18BrN3. The third kappa shape index (κ3) is 2.60. The molecule has 19 heavy (non-hydrogen) atoms. The standard InChI is InChI=1S/C15H18BrN3/c16-12-7-5-11(6-8-12)15-9-18-10-19(15)14-4-2-1-3-13(14)17/h5-10,13-14H,1-4,17H2/t13-,14-/m1/s1. The minimum atomic E-state index is 0.247. The second-order valence-corrected chi connectivity index (χ2v) is 6.12. The van der Waals surface area contributed by atoms with Crippen LogP contribution in [0.5, 0.6) is 0 Å². The molecule has 1 heterocycles. The Bertz CT molecular complexity index is 547. The molecule has 4 heteroatoms. The van der Waals surface area contributed by atoms with Crippen LogP contribution in [0.15, 0.2) is 41.3 Å². The maximum absolute atomic E-state index is 6.29. The van der Waals surface area contributed by atoms with Crippen LogP contribution in [0.4, 0.5) is 0 Å². The number of hydrogen-bond donors (Lipinski definition) is 1. The molecule has 1 saturated carbocycles. The Kier molecular flexibility index (Phi) is 3.71. The molecule has 0 spiro atoms. The molecule has 0 radical (unpaired) electrons. The summed E-state index contributed by atoms with van der Waals surface area (Å²) in [6.45, 7) is 0. The van der Waals surface area contributed by atoms with E-state index in [1.807, 2.05) is 12.5 Å². The predicted molar refractivity (Wildman–Crippen MR) is 80.8 cm³/mol. The minimum Gasteiger partial charge on any atom is -0.326 e. The zero-order valence-corrected chi connectivity index (χ0v) is 12.4. The molecule has 2 N–H and O–H groups in total. The molecular weight excluding hydrogens is 302 g/mol. The predicted octanol–water partition coefficient (Wildman–Crippen LogP) is 3.76. The summed E-state index contributed by atoms with van der Waals surface area (Å²) in [6, 6.07) is 8.99. The lowest BCUT2D eigenvalue weighted by Crippen LogP contribution is -2.35. The summed E-state index contributed by atoms with van der Waals surface area (Å²) < 4.78 is 3.35. The molecule has 2 atom stereocenters. The quantitative estimate of drug-likeness (QED) is 0.916. The van der Waals surface area contributed by atoms with E-state index in [0.29, 0.717) is 6.04 Å². The summed E-state index contributed by atoms with van der Waals surface area (Å²) in [6.07, 6.45) is 8.64. The third-order valence-electron chi connectivity index (χ3n) is 3.94.